The Hall–Kier alpha value is -0.970. The summed E-state index contributed by atoms with van der Waals surface area (Å²) >= 11 is 7.58. The van der Waals surface area contributed by atoms with Crippen LogP contribution in [0.2, 0.25) is 4.34 Å². The molecular weight excluding hydrogens is 312 g/mol. The summed E-state index contributed by atoms with van der Waals surface area (Å²) in [5.74, 6) is -1.00. The summed E-state index contributed by atoms with van der Waals surface area (Å²) in [6.07, 6.45) is 1.23. The third-order valence-corrected chi connectivity index (χ3v) is 5.00. The maximum atomic E-state index is 13.8. The standard InChI is InChI=1S/C16H18ClF2NS/c1-3-7-20-14(15-8-10(2)16(17)21-15)9-11-12(18)5-4-6-13(11)19/h4-6,8,14,20H,3,7,9H2,1-2H3. The normalized spacial score (nSPS) is 12.6. The molecule has 1 heterocycles. The SMILES string of the molecule is CCCNC(Cc1c(F)cccc1F)c1cc(C)c(Cl)s1. The third kappa shape index (κ3) is 4.02. The fourth-order valence-corrected chi connectivity index (χ4v) is 3.47. The van der Waals surface area contributed by atoms with Crippen LogP contribution in [0.15, 0.2) is 24.3 Å². The van der Waals surface area contributed by atoms with Crippen LogP contribution in [0.3, 0.4) is 0 Å². The molecule has 1 N–H and O–H groups in total. The van der Waals surface area contributed by atoms with Gasteiger partial charge in [0.15, 0.2) is 0 Å². The van der Waals surface area contributed by atoms with E-state index in [1.165, 1.54) is 29.5 Å². The van der Waals surface area contributed by atoms with E-state index in [4.69, 9.17) is 11.6 Å². The van der Waals surface area contributed by atoms with E-state index in [9.17, 15) is 8.78 Å². The van der Waals surface area contributed by atoms with Crippen LogP contribution in [0.4, 0.5) is 8.78 Å². The van der Waals surface area contributed by atoms with Gasteiger partial charge in [0.2, 0.25) is 0 Å². The highest BCUT2D eigenvalue weighted by Crippen LogP contribution is 2.33. The molecular formula is C16H18ClF2NS. The maximum absolute atomic E-state index is 13.8. The Labute approximate surface area is 133 Å². The van der Waals surface area contributed by atoms with Gasteiger partial charge in [0.1, 0.15) is 11.6 Å². The van der Waals surface area contributed by atoms with E-state index in [1.54, 1.807) is 0 Å². The predicted octanol–water partition coefficient (Wildman–Crippen LogP) is 5.27. The maximum Gasteiger partial charge on any atom is 0.129 e. The monoisotopic (exact) mass is 329 g/mol. The van der Waals surface area contributed by atoms with Gasteiger partial charge in [0.05, 0.1) is 4.34 Å². The number of nitrogens with one attached hydrogen (secondary N) is 1. The van der Waals surface area contributed by atoms with Crippen molar-refractivity contribution in [2.75, 3.05) is 6.54 Å². The first-order chi connectivity index (χ1) is 10.0. The minimum atomic E-state index is -0.502. The molecule has 0 amide bonds. The molecule has 1 atom stereocenters. The minimum Gasteiger partial charge on any atom is -0.309 e. The van der Waals surface area contributed by atoms with E-state index in [1.807, 2.05) is 13.0 Å². The molecule has 1 aromatic carbocycles. The lowest BCUT2D eigenvalue weighted by molar-refractivity contribution is 0.494. The van der Waals surface area contributed by atoms with Crippen LogP contribution < -0.4 is 5.32 Å². The number of thiophene rings is 1. The number of hydrogen-bond acceptors (Lipinski definition) is 2. The van der Waals surface area contributed by atoms with Crippen molar-refractivity contribution in [3.05, 3.63) is 56.2 Å². The molecule has 0 radical (unpaired) electrons. The third-order valence-electron chi connectivity index (χ3n) is 3.33. The summed E-state index contributed by atoms with van der Waals surface area (Å²) in [4.78, 5) is 1.01. The molecule has 0 saturated carbocycles. The number of hydrogen-bond donors (Lipinski definition) is 1. The molecule has 5 heteroatoms. The van der Waals surface area contributed by atoms with Gasteiger partial charge >= 0.3 is 0 Å². The number of benzene rings is 1. The number of aryl methyl sites for hydroxylation is 1. The van der Waals surface area contributed by atoms with Crippen LogP contribution in [0.1, 0.15) is 35.4 Å². The highest BCUT2D eigenvalue weighted by Gasteiger charge is 2.19. The molecule has 0 aliphatic heterocycles. The average Bonchev–Trinajstić information content (AvgIpc) is 2.77. The molecule has 0 aliphatic carbocycles. The van der Waals surface area contributed by atoms with Crippen molar-refractivity contribution in [3.63, 3.8) is 0 Å². The fourth-order valence-electron chi connectivity index (χ4n) is 2.18. The summed E-state index contributed by atoms with van der Waals surface area (Å²) < 4.78 is 28.4. The lowest BCUT2D eigenvalue weighted by atomic mass is 10.0. The van der Waals surface area contributed by atoms with Gasteiger partial charge in [-0.3, -0.25) is 0 Å². The molecule has 0 aliphatic rings. The molecule has 1 aromatic heterocycles. The number of rotatable bonds is 6. The summed E-state index contributed by atoms with van der Waals surface area (Å²) in [6.45, 7) is 4.78. The van der Waals surface area contributed by atoms with Crippen LogP contribution in [0.5, 0.6) is 0 Å². The topological polar surface area (TPSA) is 12.0 Å². The van der Waals surface area contributed by atoms with Crippen molar-refractivity contribution in [3.8, 4) is 0 Å². The molecule has 0 fully saturated rings. The van der Waals surface area contributed by atoms with Crippen molar-refractivity contribution in [2.24, 2.45) is 0 Å². The lowest BCUT2D eigenvalue weighted by Crippen LogP contribution is -2.24. The molecule has 114 valence electrons. The molecule has 21 heavy (non-hydrogen) atoms. The van der Waals surface area contributed by atoms with Crippen molar-refractivity contribution in [1.29, 1.82) is 0 Å². The van der Waals surface area contributed by atoms with Crippen molar-refractivity contribution < 1.29 is 8.78 Å². The molecule has 2 rings (SSSR count). The average molecular weight is 330 g/mol. The summed E-state index contributed by atoms with van der Waals surface area (Å²) in [7, 11) is 0. The zero-order chi connectivity index (χ0) is 15.4. The summed E-state index contributed by atoms with van der Waals surface area (Å²) in [6, 6.07) is 5.82. The van der Waals surface area contributed by atoms with Crippen molar-refractivity contribution in [1.82, 2.24) is 5.32 Å². The van der Waals surface area contributed by atoms with E-state index < -0.39 is 11.6 Å². The smallest absolute Gasteiger partial charge is 0.129 e. The molecule has 0 spiro atoms. The van der Waals surface area contributed by atoms with Gasteiger partial charge in [-0.25, -0.2) is 8.78 Å². The first-order valence-electron chi connectivity index (χ1n) is 6.95. The Balaban J connectivity index is 2.28. The lowest BCUT2D eigenvalue weighted by Gasteiger charge is -2.18. The quantitative estimate of drug-likeness (QED) is 0.761. The van der Waals surface area contributed by atoms with Gasteiger partial charge in [-0.05, 0) is 50.1 Å². The largest absolute Gasteiger partial charge is 0.309 e. The molecule has 0 saturated heterocycles. The Morgan fingerprint density at radius 1 is 1.29 bits per heavy atom. The van der Waals surface area contributed by atoms with Crippen LogP contribution in [0.25, 0.3) is 0 Å². The summed E-state index contributed by atoms with van der Waals surface area (Å²) in [5.41, 5.74) is 1.11. The Kier molecular flexibility index (Phi) is 5.73. The molecule has 1 nitrogen and oxygen atoms in total. The highest BCUT2D eigenvalue weighted by molar-refractivity contribution is 7.16. The van der Waals surface area contributed by atoms with Crippen molar-refractivity contribution in [2.45, 2.75) is 32.7 Å². The second-order valence-corrected chi connectivity index (χ2v) is 6.70. The van der Waals surface area contributed by atoms with Gasteiger partial charge in [-0.1, -0.05) is 24.6 Å². The first-order valence-corrected chi connectivity index (χ1v) is 8.14. The van der Waals surface area contributed by atoms with E-state index in [0.717, 1.165) is 27.7 Å². The van der Waals surface area contributed by atoms with Crippen molar-refractivity contribution >= 4 is 22.9 Å². The molecule has 0 bridgehead atoms. The van der Waals surface area contributed by atoms with Gasteiger partial charge < -0.3 is 5.32 Å². The van der Waals surface area contributed by atoms with Gasteiger partial charge in [-0.15, -0.1) is 11.3 Å². The molecule has 1 unspecified atom stereocenters. The fraction of sp³-hybridized carbons (Fsp3) is 0.375. The van der Waals surface area contributed by atoms with Crippen LogP contribution in [-0.4, -0.2) is 6.54 Å². The zero-order valence-corrected chi connectivity index (χ0v) is 13.6. The molecule has 2 aromatic rings. The first kappa shape index (κ1) is 16.4. The van der Waals surface area contributed by atoms with Crippen LogP contribution in [-0.2, 0) is 6.42 Å². The van der Waals surface area contributed by atoms with E-state index in [0.29, 0.717) is 0 Å². The Morgan fingerprint density at radius 2 is 1.95 bits per heavy atom. The van der Waals surface area contributed by atoms with Crippen LogP contribution >= 0.6 is 22.9 Å². The summed E-state index contributed by atoms with van der Waals surface area (Å²) in [5, 5.41) is 3.35. The second kappa shape index (κ2) is 7.34. The number of halogens is 3. The highest BCUT2D eigenvalue weighted by atomic mass is 35.5. The van der Waals surface area contributed by atoms with E-state index in [2.05, 4.69) is 12.2 Å². The predicted molar refractivity (Wildman–Crippen MR) is 85.2 cm³/mol. The Bertz CT molecular complexity index is 573. The minimum absolute atomic E-state index is 0.119. The second-order valence-electron chi connectivity index (χ2n) is 5.02. The van der Waals surface area contributed by atoms with E-state index in [-0.39, 0.29) is 18.0 Å². The van der Waals surface area contributed by atoms with Gasteiger partial charge in [-0.2, -0.15) is 0 Å². The van der Waals surface area contributed by atoms with Gasteiger partial charge in [0.25, 0.3) is 0 Å². The Morgan fingerprint density at radius 3 is 2.48 bits per heavy atom. The van der Waals surface area contributed by atoms with E-state index >= 15 is 0 Å². The van der Waals surface area contributed by atoms with Gasteiger partial charge in [0, 0.05) is 16.5 Å². The van der Waals surface area contributed by atoms with Crippen LogP contribution in [0, 0.1) is 18.6 Å². The zero-order valence-electron chi connectivity index (χ0n) is 12.1.